The molecule has 3 nitrogen and oxygen atoms in total. The van der Waals surface area contributed by atoms with Gasteiger partial charge >= 0.3 is 0 Å². The van der Waals surface area contributed by atoms with Gasteiger partial charge in [0.25, 0.3) is 0 Å². The van der Waals surface area contributed by atoms with E-state index in [1.165, 1.54) is 0 Å². The van der Waals surface area contributed by atoms with Crippen LogP contribution in [0.15, 0.2) is 47.2 Å². The summed E-state index contributed by atoms with van der Waals surface area (Å²) in [6.07, 6.45) is 3.48. The van der Waals surface area contributed by atoms with E-state index in [2.05, 4.69) is 43.0 Å². The number of hydrogen-bond donors (Lipinski definition) is 1. The molecule has 0 aliphatic heterocycles. The Hall–Kier alpha value is -1.68. The molecular weight excluding hydrogens is 266 g/mol. The molecule has 0 aliphatic carbocycles. The summed E-state index contributed by atoms with van der Waals surface area (Å²) in [5.74, 6) is 0.717. The highest BCUT2D eigenvalue weighted by Gasteiger charge is 2.04. The number of benzene rings is 1. The highest BCUT2D eigenvalue weighted by atomic mass is 79.9. The fraction of sp³-hybridized carbons (Fsp3) is 0. The normalized spacial score (nSPS) is 10.8. The summed E-state index contributed by atoms with van der Waals surface area (Å²) < 4.78 is 1.07. The Balaban J connectivity index is 2.19. The Morgan fingerprint density at radius 2 is 1.88 bits per heavy atom. The molecule has 16 heavy (non-hydrogen) atoms. The first kappa shape index (κ1) is 9.54. The molecule has 4 heteroatoms. The molecule has 0 aliphatic rings. The average Bonchev–Trinajstić information content (AvgIpc) is 2.73. The van der Waals surface area contributed by atoms with Crippen LogP contribution < -0.4 is 0 Å². The van der Waals surface area contributed by atoms with Gasteiger partial charge in [-0.05, 0) is 30.3 Å². The predicted molar refractivity (Wildman–Crippen MR) is 67.0 cm³/mol. The van der Waals surface area contributed by atoms with E-state index in [0.29, 0.717) is 0 Å². The van der Waals surface area contributed by atoms with Gasteiger partial charge in [-0.25, -0.2) is 9.97 Å². The molecule has 1 aromatic carbocycles. The van der Waals surface area contributed by atoms with E-state index in [-0.39, 0.29) is 0 Å². The van der Waals surface area contributed by atoms with Gasteiger partial charge in [0.05, 0.1) is 5.69 Å². The molecule has 3 aromatic rings. The second-order valence-electron chi connectivity index (χ2n) is 3.49. The summed E-state index contributed by atoms with van der Waals surface area (Å²) in [4.78, 5) is 11.7. The topological polar surface area (TPSA) is 41.6 Å². The minimum Gasteiger partial charge on any atom is -0.352 e. The number of nitrogens with zero attached hydrogens (tertiary/aromatic N) is 2. The van der Waals surface area contributed by atoms with Crippen molar-refractivity contribution in [3.05, 3.63) is 47.2 Å². The molecule has 0 fully saturated rings. The molecule has 3 rings (SSSR count). The fourth-order valence-corrected chi connectivity index (χ4v) is 2.04. The number of rotatable bonds is 1. The highest BCUT2D eigenvalue weighted by Crippen LogP contribution is 2.24. The van der Waals surface area contributed by atoms with Crippen LogP contribution in [-0.4, -0.2) is 15.0 Å². The predicted octanol–water partition coefficient (Wildman–Crippen LogP) is 3.39. The lowest BCUT2D eigenvalue weighted by molar-refractivity contribution is 1.16. The van der Waals surface area contributed by atoms with Gasteiger partial charge in [-0.15, -0.1) is 0 Å². The van der Waals surface area contributed by atoms with Gasteiger partial charge in [0.2, 0.25) is 0 Å². The van der Waals surface area contributed by atoms with Gasteiger partial charge in [0.15, 0.2) is 5.82 Å². The molecule has 0 saturated carbocycles. The lowest BCUT2D eigenvalue weighted by Crippen LogP contribution is -1.85. The van der Waals surface area contributed by atoms with E-state index >= 15 is 0 Å². The van der Waals surface area contributed by atoms with Crippen LogP contribution in [0.5, 0.6) is 0 Å². The maximum Gasteiger partial charge on any atom is 0.175 e. The molecular formula is C12H8BrN3. The fourth-order valence-electron chi connectivity index (χ4n) is 1.66. The summed E-state index contributed by atoms with van der Waals surface area (Å²) in [5.41, 5.74) is 2.03. The lowest BCUT2D eigenvalue weighted by Gasteiger charge is -1.92. The van der Waals surface area contributed by atoms with Gasteiger partial charge in [-0.3, -0.25) is 0 Å². The summed E-state index contributed by atoms with van der Waals surface area (Å²) in [5, 5.41) is 1.15. The van der Waals surface area contributed by atoms with Crippen molar-refractivity contribution in [1.82, 2.24) is 15.0 Å². The van der Waals surface area contributed by atoms with Crippen molar-refractivity contribution >= 4 is 26.8 Å². The summed E-state index contributed by atoms with van der Waals surface area (Å²) in [6.45, 7) is 0. The third-order valence-electron chi connectivity index (χ3n) is 2.39. The molecule has 78 valence electrons. The van der Waals surface area contributed by atoms with Crippen LogP contribution in [0.1, 0.15) is 0 Å². The molecule has 0 atom stereocenters. The Kier molecular flexibility index (Phi) is 2.22. The Morgan fingerprint density at radius 1 is 1.06 bits per heavy atom. The first-order valence-electron chi connectivity index (χ1n) is 4.88. The van der Waals surface area contributed by atoms with Gasteiger partial charge in [0.1, 0.15) is 0 Å². The third kappa shape index (κ3) is 1.61. The Morgan fingerprint density at radius 3 is 2.69 bits per heavy atom. The zero-order valence-electron chi connectivity index (χ0n) is 8.31. The zero-order chi connectivity index (χ0) is 11.0. The number of fused-ring (bicyclic) bond motifs is 1. The molecule has 0 unspecified atom stereocenters. The van der Waals surface area contributed by atoms with Crippen LogP contribution in [0, 0.1) is 0 Å². The Labute approximate surface area is 101 Å². The second kappa shape index (κ2) is 3.72. The number of nitrogens with one attached hydrogen (secondary N) is 1. The first-order chi connectivity index (χ1) is 7.83. The number of aromatic nitrogens is 3. The molecule has 0 saturated heterocycles. The summed E-state index contributed by atoms with van der Waals surface area (Å²) >= 11 is 3.45. The van der Waals surface area contributed by atoms with Crippen molar-refractivity contribution in [2.75, 3.05) is 0 Å². The Bertz CT molecular complexity index is 631. The molecule has 2 aromatic heterocycles. The summed E-state index contributed by atoms with van der Waals surface area (Å²) in [6, 6.07) is 9.97. The third-order valence-corrected chi connectivity index (χ3v) is 2.88. The SMILES string of the molecule is Brc1ccc2[nH]c(-c3ncccn3)cc2c1. The van der Waals surface area contributed by atoms with Crippen LogP contribution in [0.3, 0.4) is 0 Å². The molecule has 2 heterocycles. The minimum atomic E-state index is 0.717. The number of aromatic amines is 1. The van der Waals surface area contributed by atoms with Gasteiger partial charge in [-0.2, -0.15) is 0 Å². The van der Waals surface area contributed by atoms with E-state index in [9.17, 15) is 0 Å². The number of halogens is 1. The maximum absolute atomic E-state index is 4.21. The van der Waals surface area contributed by atoms with Crippen LogP contribution in [-0.2, 0) is 0 Å². The lowest BCUT2D eigenvalue weighted by atomic mass is 10.2. The molecule has 0 amide bonds. The number of hydrogen-bond acceptors (Lipinski definition) is 2. The van der Waals surface area contributed by atoms with E-state index < -0.39 is 0 Å². The van der Waals surface area contributed by atoms with E-state index in [1.807, 2.05) is 18.2 Å². The molecule has 0 spiro atoms. The van der Waals surface area contributed by atoms with Crippen LogP contribution >= 0.6 is 15.9 Å². The largest absolute Gasteiger partial charge is 0.352 e. The average molecular weight is 274 g/mol. The van der Waals surface area contributed by atoms with E-state index in [0.717, 1.165) is 26.9 Å². The van der Waals surface area contributed by atoms with Crippen molar-refractivity contribution in [2.45, 2.75) is 0 Å². The molecule has 0 radical (unpaired) electrons. The standard InChI is InChI=1S/C12H8BrN3/c13-9-2-3-10-8(6-9)7-11(16-10)12-14-4-1-5-15-12/h1-7,16H. The van der Waals surface area contributed by atoms with Crippen LogP contribution in [0.25, 0.3) is 22.4 Å². The highest BCUT2D eigenvalue weighted by molar-refractivity contribution is 9.10. The maximum atomic E-state index is 4.21. The van der Waals surface area contributed by atoms with Gasteiger partial charge in [-0.1, -0.05) is 15.9 Å². The van der Waals surface area contributed by atoms with Crippen molar-refractivity contribution in [3.63, 3.8) is 0 Å². The zero-order valence-corrected chi connectivity index (χ0v) is 9.90. The van der Waals surface area contributed by atoms with Gasteiger partial charge in [0, 0.05) is 27.8 Å². The minimum absolute atomic E-state index is 0.717. The molecule has 0 bridgehead atoms. The van der Waals surface area contributed by atoms with Crippen molar-refractivity contribution < 1.29 is 0 Å². The molecule has 1 N–H and O–H groups in total. The van der Waals surface area contributed by atoms with Crippen molar-refractivity contribution in [2.24, 2.45) is 0 Å². The van der Waals surface area contributed by atoms with Gasteiger partial charge < -0.3 is 4.98 Å². The number of H-pyrrole nitrogens is 1. The second-order valence-corrected chi connectivity index (χ2v) is 4.40. The monoisotopic (exact) mass is 273 g/mol. The van der Waals surface area contributed by atoms with E-state index in [1.54, 1.807) is 12.4 Å². The quantitative estimate of drug-likeness (QED) is 0.739. The van der Waals surface area contributed by atoms with Crippen LogP contribution in [0.2, 0.25) is 0 Å². The van der Waals surface area contributed by atoms with Crippen molar-refractivity contribution in [1.29, 1.82) is 0 Å². The smallest absolute Gasteiger partial charge is 0.175 e. The van der Waals surface area contributed by atoms with Crippen LogP contribution in [0.4, 0.5) is 0 Å². The van der Waals surface area contributed by atoms with E-state index in [4.69, 9.17) is 0 Å². The van der Waals surface area contributed by atoms with Crippen molar-refractivity contribution in [3.8, 4) is 11.5 Å². The first-order valence-corrected chi connectivity index (χ1v) is 5.68. The summed E-state index contributed by atoms with van der Waals surface area (Å²) in [7, 11) is 0.